The summed E-state index contributed by atoms with van der Waals surface area (Å²) in [5.41, 5.74) is 4.58. The number of carbonyl (C=O) groups is 1. The largest absolute Gasteiger partial charge is 0.272 e. The van der Waals surface area contributed by atoms with Crippen LogP contribution in [-0.4, -0.2) is 27.8 Å². The molecule has 0 aliphatic heterocycles. The molecule has 25 heavy (non-hydrogen) atoms. The molecule has 5 nitrogen and oxygen atoms in total. The van der Waals surface area contributed by atoms with Crippen molar-refractivity contribution in [3.05, 3.63) is 64.4 Å². The van der Waals surface area contributed by atoms with Crippen LogP contribution >= 0.6 is 35.0 Å². The molecule has 0 fully saturated rings. The molecule has 126 valence electrons. The van der Waals surface area contributed by atoms with Gasteiger partial charge in [0.25, 0.3) is 0 Å². The van der Waals surface area contributed by atoms with Gasteiger partial charge in [-0.25, -0.2) is 10.4 Å². The Morgan fingerprint density at radius 3 is 2.84 bits per heavy atom. The summed E-state index contributed by atoms with van der Waals surface area (Å²) >= 11 is 13.3. The number of para-hydroxylation sites is 2. The molecule has 3 aromatic rings. The van der Waals surface area contributed by atoms with Crippen molar-refractivity contribution < 1.29 is 4.79 Å². The summed E-state index contributed by atoms with van der Waals surface area (Å²) in [6, 6.07) is 12.6. The lowest BCUT2D eigenvalue weighted by Crippen LogP contribution is -2.19. The predicted molar refractivity (Wildman–Crippen MR) is 102 cm³/mol. The van der Waals surface area contributed by atoms with Crippen molar-refractivity contribution in [3.8, 4) is 0 Å². The normalized spacial score (nSPS) is 11.1. The van der Waals surface area contributed by atoms with Gasteiger partial charge in [0, 0.05) is 9.92 Å². The van der Waals surface area contributed by atoms with Gasteiger partial charge in [-0.3, -0.25) is 9.78 Å². The maximum absolute atomic E-state index is 11.9. The number of thioether (sulfide) groups is 1. The van der Waals surface area contributed by atoms with Gasteiger partial charge in [0.1, 0.15) is 5.69 Å². The van der Waals surface area contributed by atoms with Crippen LogP contribution < -0.4 is 5.43 Å². The zero-order chi connectivity index (χ0) is 17.6. The predicted octanol–water partition coefficient (Wildman–Crippen LogP) is 4.18. The van der Waals surface area contributed by atoms with Crippen molar-refractivity contribution in [1.82, 2.24) is 15.4 Å². The zero-order valence-electron chi connectivity index (χ0n) is 12.8. The van der Waals surface area contributed by atoms with E-state index in [0.29, 0.717) is 15.7 Å². The fraction of sp³-hybridized carbons (Fsp3) is 0.0588. The van der Waals surface area contributed by atoms with Crippen molar-refractivity contribution in [2.45, 2.75) is 4.90 Å². The number of halogens is 2. The molecular formula is C17H12Cl2N4OS. The number of hydrogen-bond acceptors (Lipinski definition) is 5. The number of nitrogens with one attached hydrogen (secondary N) is 1. The molecule has 0 aliphatic rings. The first kappa shape index (κ1) is 17.7. The van der Waals surface area contributed by atoms with E-state index >= 15 is 0 Å². The summed E-state index contributed by atoms with van der Waals surface area (Å²) in [7, 11) is 0. The molecule has 0 atom stereocenters. The van der Waals surface area contributed by atoms with Gasteiger partial charge in [-0.1, -0.05) is 35.3 Å². The number of benzene rings is 2. The van der Waals surface area contributed by atoms with Crippen LogP contribution in [0.4, 0.5) is 0 Å². The highest BCUT2D eigenvalue weighted by atomic mass is 35.5. The molecule has 0 saturated carbocycles. The molecule has 0 radical (unpaired) electrons. The Morgan fingerprint density at radius 2 is 2.00 bits per heavy atom. The molecule has 0 unspecified atom stereocenters. The van der Waals surface area contributed by atoms with E-state index in [9.17, 15) is 4.79 Å². The lowest BCUT2D eigenvalue weighted by Gasteiger charge is -2.04. The first-order valence-corrected chi connectivity index (χ1v) is 8.97. The first-order valence-electron chi connectivity index (χ1n) is 7.23. The molecule has 0 spiro atoms. The van der Waals surface area contributed by atoms with E-state index in [-0.39, 0.29) is 11.7 Å². The Labute approximate surface area is 158 Å². The quantitative estimate of drug-likeness (QED) is 0.403. The Morgan fingerprint density at radius 1 is 1.20 bits per heavy atom. The van der Waals surface area contributed by atoms with Gasteiger partial charge in [-0.05, 0) is 30.3 Å². The van der Waals surface area contributed by atoms with Crippen molar-refractivity contribution in [3.63, 3.8) is 0 Å². The second-order valence-corrected chi connectivity index (χ2v) is 6.80. The van der Waals surface area contributed by atoms with Gasteiger partial charge in [0.05, 0.1) is 34.2 Å². The number of carbonyl (C=O) groups excluding carboxylic acids is 1. The molecule has 1 amide bonds. The molecule has 1 aromatic heterocycles. The highest BCUT2D eigenvalue weighted by Gasteiger charge is 2.06. The molecule has 3 rings (SSSR count). The van der Waals surface area contributed by atoms with E-state index in [1.165, 1.54) is 18.0 Å². The first-order chi connectivity index (χ1) is 12.1. The van der Waals surface area contributed by atoms with Gasteiger partial charge in [0.2, 0.25) is 5.91 Å². The molecule has 1 N–H and O–H groups in total. The fourth-order valence-corrected chi connectivity index (χ4v) is 3.25. The molecule has 0 aliphatic carbocycles. The molecule has 0 saturated heterocycles. The minimum atomic E-state index is -0.258. The average molecular weight is 391 g/mol. The zero-order valence-corrected chi connectivity index (χ0v) is 15.1. The number of hydrogen-bond donors (Lipinski definition) is 1. The summed E-state index contributed by atoms with van der Waals surface area (Å²) in [5, 5.41) is 5.02. The van der Waals surface area contributed by atoms with E-state index in [1.54, 1.807) is 24.4 Å². The Balaban J connectivity index is 1.55. The standard InChI is InChI=1S/C17H12Cl2N4OS/c18-11-5-6-13(19)16(7-11)25-10-17(24)23-21-9-12-8-20-14-3-1-2-4-15(14)22-12/h1-9H,10H2,(H,23,24)/b21-9-. The number of hydrazone groups is 1. The number of aromatic nitrogens is 2. The topological polar surface area (TPSA) is 67.2 Å². The molecule has 8 heteroatoms. The van der Waals surface area contributed by atoms with Crippen molar-refractivity contribution in [2.24, 2.45) is 5.10 Å². The second-order valence-electron chi connectivity index (χ2n) is 4.94. The Kier molecular flexibility index (Phi) is 5.86. The highest BCUT2D eigenvalue weighted by Crippen LogP contribution is 2.29. The number of fused-ring (bicyclic) bond motifs is 1. The molecule has 2 aromatic carbocycles. The minimum absolute atomic E-state index is 0.167. The average Bonchev–Trinajstić information content (AvgIpc) is 2.62. The van der Waals surface area contributed by atoms with Gasteiger partial charge in [0.15, 0.2) is 0 Å². The number of rotatable bonds is 5. The van der Waals surface area contributed by atoms with Crippen LogP contribution in [0.2, 0.25) is 10.0 Å². The maximum Gasteiger partial charge on any atom is 0.250 e. The second kappa shape index (κ2) is 8.29. The van der Waals surface area contributed by atoms with E-state index in [2.05, 4.69) is 20.5 Å². The van der Waals surface area contributed by atoms with Crippen molar-refractivity contribution in [1.29, 1.82) is 0 Å². The van der Waals surface area contributed by atoms with E-state index in [4.69, 9.17) is 23.2 Å². The lowest BCUT2D eigenvalue weighted by molar-refractivity contribution is -0.118. The molecular weight excluding hydrogens is 379 g/mol. The monoisotopic (exact) mass is 390 g/mol. The summed E-state index contributed by atoms with van der Waals surface area (Å²) in [6.45, 7) is 0. The van der Waals surface area contributed by atoms with E-state index in [1.807, 2.05) is 24.3 Å². The van der Waals surface area contributed by atoms with Crippen LogP contribution in [0.1, 0.15) is 5.69 Å². The Bertz CT molecular complexity index is 949. The van der Waals surface area contributed by atoms with Gasteiger partial charge in [-0.15, -0.1) is 11.8 Å². The summed E-state index contributed by atoms with van der Waals surface area (Å²) in [5.74, 6) is -0.0908. The fourth-order valence-electron chi connectivity index (χ4n) is 1.97. The number of nitrogens with zero attached hydrogens (tertiary/aromatic N) is 3. The van der Waals surface area contributed by atoms with E-state index in [0.717, 1.165) is 15.9 Å². The third-order valence-corrected chi connectivity index (χ3v) is 4.84. The highest BCUT2D eigenvalue weighted by molar-refractivity contribution is 8.00. The van der Waals surface area contributed by atoms with Crippen LogP contribution in [-0.2, 0) is 4.79 Å². The van der Waals surface area contributed by atoms with Gasteiger partial charge < -0.3 is 0 Å². The molecule has 0 bridgehead atoms. The number of amides is 1. The van der Waals surface area contributed by atoms with Gasteiger partial charge in [-0.2, -0.15) is 5.10 Å². The van der Waals surface area contributed by atoms with Gasteiger partial charge >= 0.3 is 0 Å². The summed E-state index contributed by atoms with van der Waals surface area (Å²) in [6.07, 6.45) is 3.05. The minimum Gasteiger partial charge on any atom is -0.272 e. The van der Waals surface area contributed by atoms with Crippen LogP contribution in [0, 0.1) is 0 Å². The Hall–Kier alpha value is -2.15. The van der Waals surface area contributed by atoms with Crippen molar-refractivity contribution >= 4 is 58.1 Å². The van der Waals surface area contributed by atoms with Crippen LogP contribution in [0.25, 0.3) is 11.0 Å². The summed E-state index contributed by atoms with van der Waals surface area (Å²) in [4.78, 5) is 21.3. The third kappa shape index (κ3) is 4.92. The van der Waals surface area contributed by atoms with Crippen molar-refractivity contribution in [2.75, 3.05) is 5.75 Å². The van der Waals surface area contributed by atoms with E-state index < -0.39 is 0 Å². The van der Waals surface area contributed by atoms with Crippen LogP contribution in [0.3, 0.4) is 0 Å². The lowest BCUT2D eigenvalue weighted by atomic mass is 10.3. The summed E-state index contributed by atoms with van der Waals surface area (Å²) < 4.78 is 0. The SMILES string of the molecule is O=C(CSc1cc(Cl)ccc1Cl)N/N=C\c1cnc2ccccc2n1. The smallest absolute Gasteiger partial charge is 0.250 e. The van der Waals surface area contributed by atoms with Crippen LogP contribution in [0.5, 0.6) is 0 Å². The third-order valence-electron chi connectivity index (χ3n) is 3.11. The van der Waals surface area contributed by atoms with Crippen LogP contribution in [0.15, 0.2) is 58.7 Å². The molecule has 1 heterocycles. The maximum atomic E-state index is 11.9.